The molecule has 0 aliphatic heterocycles. The summed E-state index contributed by atoms with van der Waals surface area (Å²) >= 11 is 1.33. The van der Waals surface area contributed by atoms with Crippen LogP contribution in [0, 0.1) is 5.82 Å². The molecule has 0 aliphatic carbocycles. The van der Waals surface area contributed by atoms with Gasteiger partial charge >= 0.3 is 0 Å². The Morgan fingerprint density at radius 3 is 2.86 bits per heavy atom. The van der Waals surface area contributed by atoms with Crippen LogP contribution in [0.1, 0.15) is 16.8 Å². The molecular weight excluding hydrogens is 311 g/mol. The second-order valence-electron chi connectivity index (χ2n) is 4.29. The molecule has 0 radical (unpaired) electrons. The van der Waals surface area contributed by atoms with Gasteiger partial charge in [0.2, 0.25) is 11.1 Å². The number of carbonyl (C=O) groups is 2. The zero-order valence-corrected chi connectivity index (χ0v) is 12.4. The van der Waals surface area contributed by atoms with Gasteiger partial charge in [-0.3, -0.25) is 9.59 Å². The topological polar surface area (TPSA) is 116 Å². The van der Waals surface area contributed by atoms with E-state index in [-0.39, 0.29) is 17.9 Å². The number of rotatable bonds is 6. The molecule has 0 fully saturated rings. The number of hydrogen-bond acceptors (Lipinski definition) is 6. The molecule has 1 aromatic carbocycles. The van der Waals surface area contributed by atoms with E-state index in [4.69, 9.17) is 5.73 Å². The lowest BCUT2D eigenvalue weighted by Crippen LogP contribution is -2.16. The Labute approximate surface area is 129 Å². The number of nitrogens with zero attached hydrogens (tertiary/aromatic N) is 4. The summed E-state index contributed by atoms with van der Waals surface area (Å²) in [6, 6.07) is 3.64. The van der Waals surface area contributed by atoms with Crippen LogP contribution in [0.5, 0.6) is 0 Å². The first-order valence-corrected chi connectivity index (χ1v) is 7.20. The third-order valence-corrected chi connectivity index (χ3v) is 3.67. The number of hydrogen-bond donors (Lipinski definition) is 2. The van der Waals surface area contributed by atoms with Crippen molar-refractivity contribution in [2.75, 3.05) is 11.1 Å². The molecule has 0 saturated carbocycles. The highest BCUT2D eigenvalue weighted by Gasteiger charge is 2.11. The van der Waals surface area contributed by atoms with Crippen LogP contribution in [-0.4, -0.2) is 37.8 Å². The highest BCUT2D eigenvalue weighted by atomic mass is 32.2. The van der Waals surface area contributed by atoms with Gasteiger partial charge in [0, 0.05) is 24.9 Å². The van der Waals surface area contributed by atoms with Crippen LogP contribution in [0.4, 0.5) is 10.1 Å². The number of tetrazole rings is 1. The smallest absolute Gasteiger partial charge is 0.251 e. The molecule has 8 nitrogen and oxygen atoms in total. The predicted octanol–water partition coefficient (Wildman–Crippen LogP) is 0.569. The van der Waals surface area contributed by atoms with E-state index in [0.29, 0.717) is 16.6 Å². The van der Waals surface area contributed by atoms with Gasteiger partial charge in [0.1, 0.15) is 5.82 Å². The van der Waals surface area contributed by atoms with E-state index < -0.39 is 11.7 Å². The molecule has 0 unspecified atom stereocenters. The molecule has 116 valence electrons. The summed E-state index contributed by atoms with van der Waals surface area (Å²) < 4.78 is 14.8. The fraction of sp³-hybridized carbons (Fsp3) is 0.250. The van der Waals surface area contributed by atoms with Gasteiger partial charge in [-0.15, -0.1) is 5.10 Å². The van der Waals surface area contributed by atoms with Crippen molar-refractivity contribution in [1.82, 2.24) is 20.2 Å². The minimum absolute atomic E-state index is 0.209. The maximum Gasteiger partial charge on any atom is 0.251 e. The van der Waals surface area contributed by atoms with Gasteiger partial charge in [-0.2, -0.15) is 0 Å². The van der Waals surface area contributed by atoms with Crippen LogP contribution in [0.25, 0.3) is 0 Å². The van der Waals surface area contributed by atoms with Crippen LogP contribution in [-0.2, 0) is 11.8 Å². The van der Waals surface area contributed by atoms with Crippen LogP contribution in [0.15, 0.2) is 23.4 Å². The van der Waals surface area contributed by atoms with Crippen LogP contribution in [0.2, 0.25) is 0 Å². The standard InChI is InChI=1S/C12H13FN6O2S/c1-19-12(16-17-18-19)22-5-4-10(20)15-7-2-3-9(13)8(6-7)11(14)21/h2-3,6H,4-5H2,1H3,(H2,14,21)(H,15,20). The first kappa shape index (κ1) is 15.9. The number of amides is 2. The number of aryl methyl sites for hydroxylation is 1. The van der Waals surface area contributed by atoms with Crippen molar-refractivity contribution >= 4 is 29.3 Å². The SMILES string of the molecule is Cn1nnnc1SCCC(=O)Nc1ccc(F)c(C(N)=O)c1. The van der Waals surface area contributed by atoms with Crippen LogP contribution < -0.4 is 11.1 Å². The normalized spacial score (nSPS) is 10.5. The zero-order valence-electron chi connectivity index (χ0n) is 11.6. The molecule has 22 heavy (non-hydrogen) atoms. The van der Waals surface area contributed by atoms with Crippen molar-refractivity contribution < 1.29 is 14.0 Å². The molecule has 0 saturated heterocycles. The van der Waals surface area contributed by atoms with E-state index in [2.05, 4.69) is 20.8 Å². The van der Waals surface area contributed by atoms with Gasteiger partial charge in [0.15, 0.2) is 0 Å². The highest BCUT2D eigenvalue weighted by Crippen LogP contribution is 2.16. The maximum atomic E-state index is 13.3. The molecule has 0 atom stereocenters. The number of primary amides is 1. The summed E-state index contributed by atoms with van der Waals surface area (Å²) in [7, 11) is 1.70. The summed E-state index contributed by atoms with van der Waals surface area (Å²) in [6.07, 6.45) is 0.209. The first-order valence-electron chi connectivity index (χ1n) is 6.21. The molecule has 2 rings (SSSR count). The van der Waals surface area contributed by atoms with E-state index in [1.165, 1.54) is 28.6 Å². The molecule has 10 heteroatoms. The summed E-state index contributed by atoms with van der Waals surface area (Å²) in [6.45, 7) is 0. The second-order valence-corrected chi connectivity index (χ2v) is 5.35. The minimum atomic E-state index is -0.890. The van der Waals surface area contributed by atoms with Crippen molar-refractivity contribution in [3.8, 4) is 0 Å². The van der Waals surface area contributed by atoms with Gasteiger partial charge in [-0.1, -0.05) is 11.8 Å². The predicted molar refractivity (Wildman–Crippen MR) is 77.7 cm³/mol. The number of benzene rings is 1. The zero-order chi connectivity index (χ0) is 16.1. The lowest BCUT2D eigenvalue weighted by molar-refractivity contribution is -0.115. The first-order chi connectivity index (χ1) is 10.5. The Morgan fingerprint density at radius 1 is 1.45 bits per heavy atom. The number of anilines is 1. The van der Waals surface area contributed by atoms with Crippen LogP contribution in [0.3, 0.4) is 0 Å². The average molecular weight is 324 g/mol. The summed E-state index contributed by atoms with van der Waals surface area (Å²) in [4.78, 5) is 22.8. The molecule has 3 N–H and O–H groups in total. The molecule has 1 heterocycles. The van der Waals surface area contributed by atoms with Crippen molar-refractivity contribution in [2.24, 2.45) is 12.8 Å². The van der Waals surface area contributed by atoms with E-state index in [9.17, 15) is 14.0 Å². The third kappa shape index (κ3) is 4.01. The summed E-state index contributed by atoms with van der Waals surface area (Å²) in [5.41, 5.74) is 5.09. The van der Waals surface area contributed by atoms with Crippen molar-refractivity contribution in [3.63, 3.8) is 0 Å². The van der Waals surface area contributed by atoms with Gasteiger partial charge < -0.3 is 11.1 Å². The average Bonchev–Trinajstić information content (AvgIpc) is 2.86. The van der Waals surface area contributed by atoms with Crippen molar-refractivity contribution in [3.05, 3.63) is 29.6 Å². The van der Waals surface area contributed by atoms with Crippen molar-refractivity contribution in [1.29, 1.82) is 0 Å². The second kappa shape index (κ2) is 6.98. The monoisotopic (exact) mass is 324 g/mol. The fourth-order valence-corrected chi connectivity index (χ4v) is 2.38. The fourth-order valence-electron chi connectivity index (χ4n) is 1.59. The maximum absolute atomic E-state index is 13.3. The summed E-state index contributed by atoms with van der Waals surface area (Å²) in [5, 5.41) is 14.1. The number of halogens is 1. The van der Waals surface area contributed by atoms with Gasteiger partial charge in [-0.05, 0) is 28.6 Å². The molecule has 0 bridgehead atoms. The minimum Gasteiger partial charge on any atom is -0.366 e. The Morgan fingerprint density at radius 2 is 2.23 bits per heavy atom. The Hall–Kier alpha value is -2.49. The Kier molecular flexibility index (Phi) is 5.04. The van der Waals surface area contributed by atoms with E-state index in [0.717, 1.165) is 6.07 Å². The lowest BCUT2D eigenvalue weighted by Gasteiger charge is -2.06. The van der Waals surface area contributed by atoms with E-state index >= 15 is 0 Å². The van der Waals surface area contributed by atoms with E-state index in [1.54, 1.807) is 7.05 Å². The number of aromatic nitrogens is 4. The lowest BCUT2D eigenvalue weighted by atomic mass is 10.1. The van der Waals surface area contributed by atoms with Crippen molar-refractivity contribution in [2.45, 2.75) is 11.6 Å². The largest absolute Gasteiger partial charge is 0.366 e. The number of nitrogens with one attached hydrogen (secondary N) is 1. The third-order valence-electron chi connectivity index (χ3n) is 2.66. The van der Waals surface area contributed by atoms with E-state index in [1.807, 2.05) is 0 Å². The van der Waals surface area contributed by atoms with Gasteiger partial charge in [0.05, 0.1) is 5.56 Å². The molecule has 2 aromatic rings. The number of thioether (sulfide) groups is 1. The Bertz CT molecular complexity index is 705. The van der Waals surface area contributed by atoms with Crippen LogP contribution >= 0.6 is 11.8 Å². The van der Waals surface area contributed by atoms with Gasteiger partial charge in [0.25, 0.3) is 5.91 Å². The van der Waals surface area contributed by atoms with Gasteiger partial charge in [-0.25, -0.2) is 9.07 Å². The molecule has 1 aromatic heterocycles. The quantitative estimate of drug-likeness (QED) is 0.750. The molecule has 0 spiro atoms. The number of nitrogens with two attached hydrogens (primary N) is 1. The number of carbonyl (C=O) groups excluding carboxylic acids is 2. The Balaban J connectivity index is 1.88. The highest BCUT2D eigenvalue weighted by molar-refractivity contribution is 7.99. The summed E-state index contributed by atoms with van der Waals surface area (Å²) in [5.74, 6) is -1.41. The molecular formula is C12H13FN6O2S. The molecule has 0 aliphatic rings. The molecule has 2 amide bonds.